The number of nitrogens with two attached hydrogens (primary N) is 1. The van der Waals surface area contributed by atoms with Gasteiger partial charge in [-0.15, -0.1) is 0 Å². The molecule has 0 saturated heterocycles. The number of halogens is 1. The van der Waals surface area contributed by atoms with E-state index < -0.39 is 6.10 Å². The van der Waals surface area contributed by atoms with Crippen LogP contribution in [0, 0.1) is 0 Å². The van der Waals surface area contributed by atoms with E-state index >= 15 is 0 Å². The maximum atomic E-state index is 12.6. The van der Waals surface area contributed by atoms with Crippen LogP contribution in [0.5, 0.6) is 5.75 Å². The Labute approximate surface area is 149 Å². The number of carbonyl (C=O) groups excluding carboxylic acids is 2. The van der Waals surface area contributed by atoms with Crippen LogP contribution < -0.4 is 20.7 Å². The van der Waals surface area contributed by atoms with Crippen LogP contribution in [0.3, 0.4) is 0 Å². The Hall–Kier alpha value is -2.80. The van der Waals surface area contributed by atoms with Gasteiger partial charge in [-0.1, -0.05) is 18.5 Å². The number of hydrogen-bond acceptors (Lipinski definition) is 5. The normalized spacial score (nSPS) is 16.2. The van der Waals surface area contributed by atoms with Gasteiger partial charge in [0.2, 0.25) is 5.91 Å². The number of carbonyl (C=O) groups is 2. The first kappa shape index (κ1) is 17.0. The summed E-state index contributed by atoms with van der Waals surface area (Å²) in [4.78, 5) is 30.4. The standard InChI is InChI=1S/C17H17ClN4O3/c1-2-12-17(24)22(16-13(25-12)7-8-14(19)21-16)9-15(23)20-11-5-3-10(18)4-6-11/h3-8,12H,2,9H2,1H3,(H2,19,21)(H,20,23). The predicted molar refractivity (Wildman–Crippen MR) is 95.8 cm³/mol. The quantitative estimate of drug-likeness (QED) is 0.872. The Kier molecular flexibility index (Phi) is 4.76. The highest BCUT2D eigenvalue weighted by Gasteiger charge is 2.35. The van der Waals surface area contributed by atoms with Gasteiger partial charge in [0.25, 0.3) is 5.91 Å². The summed E-state index contributed by atoms with van der Waals surface area (Å²) in [5, 5.41) is 3.29. The third kappa shape index (κ3) is 3.66. The summed E-state index contributed by atoms with van der Waals surface area (Å²) in [5.74, 6) is 0.246. The van der Waals surface area contributed by atoms with Crippen LogP contribution in [0.15, 0.2) is 36.4 Å². The molecule has 0 saturated carbocycles. The minimum Gasteiger partial charge on any atom is -0.477 e. The summed E-state index contributed by atoms with van der Waals surface area (Å²) in [7, 11) is 0. The SMILES string of the molecule is CCC1Oc2ccc(N)nc2N(CC(=O)Nc2ccc(Cl)cc2)C1=O. The number of ether oxygens (including phenoxy) is 1. The zero-order valence-corrected chi connectivity index (χ0v) is 14.3. The number of fused-ring (bicyclic) bond motifs is 1. The van der Waals surface area contributed by atoms with E-state index in [1.165, 1.54) is 4.90 Å². The largest absolute Gasteiger partial charge is 0.477 e. The van der Waals surface area contributed by atoms with Crippen molar-refractivity contribution in [3.63, 3.8) is 0 Å². The van der Waals surface area contributed by atoms with Gasteiger partial charge >= 0.3 is 0 Å². The minimum atomic E-state index is -0.652. The molecule has 1 aromatic carbocycles. The Balaban J connectivity index is 1.82. The second kappa shape index (κ2) is 6.98. The number of anilines is 3. The van der Waals surface area contributed by atoms with Crippen molar-refractivity contribution in [1.29, 1.82) is 0 Å². The molecule has 0 aliphatic carbocycles. The molecule has 1 aliphatic rings. The lowest BCUT2D eigenvalue weighted by Crippen LogP contribution is -2.49. The number of hydrogen-bond donors (Lipinski definition) is 2. The second-order valence-electron chi connectivity index (χ2n) is 5.55. The summed E-state index contributed by atoms with van der Waals surface area (Å²) in [6.45, 7) is 1.65. The maximum Gasteiger partial charge on any atom is 0.269 e. The van der Waals surface area contributed by atoms with E-state index in [-0.39, 0.29) is 30.0 Å². The number of pyridine rings is 1. The van der Waals surface area contributed by atoms with Crippen LogP contribution in [-0.2, 0) is 9.59 Å². The highest BCUT2D eigenvalue weighted by Crippen LogP contribution is 2.33. The van der Waals surface area contributed by atoms with E-state index in [1.54, 1.807) is 36.4 Å². The molecule has 1 aromatic heterocycles. The van der Waals surface area contributed by atoms with Gasteiger partial charge in [-0.2, -0.15) is 0 Å². The van der Waals surface area contributed by atoms with Crippen molar-refractivity contribution in [2.24, 2.45) is 0 Å². The molecule has 0 spiro atoms. The van der Waals surface area contributed by atoms with Crippen molar-refractivity contribution in [1.82, 2.24) is 4.98 Å². The van der Waals surface area contributed by atoms with E-state index in [2.05, 4.69) is 10.3 Å². The molecule has 3 N–H and O–H groups in total. The zero-order chi connectivity index (χ0) is 18.0. The molecule has 0 radical (unpaired) electrons. The minimum absolute atomic E-state index is 0.190. The highest BCUT2D eigenvalue weighted by molar-refractivity contribution is 6.30. The molecule has 8 heteroatoms. The molecule has 25 heavy (non-hydrogen) atoms. The van der Waals surface area contributed by atoms with Gasteiger partial charge < -0.3 is 15.8 Å². The van der Waals surface area contributed by atoms with Gasteiger partial charge in [0.1, 0.15) is 12.4 Å². The van der Waals surface area contributed by atoms with Crippen molar-refractivity contribution >= 4 is 40.7 Å². The van der Waals surface area contributed by atoms with Gasteiger partial charge in [-0.05, 0) is 42.8 Å². The van der Waals surface area contributed by atoms with Crippen LogP contribution in [0.2, 0.25) is 5.02 Å². The lowest BCUT2D eigenvalue weighted by molar-refractivity contribution is -0.128. The smallest absolute Gasteiger partial charge is 0.269 e. The Morgan fingerprint density at radius 1 is 1.32 bits per heavy atom. The molecule has 3 rings (SSSR count). The third-order valence-electron chi connectivity index (χ3n) is 3.73. The highest BCUT2D eigenvalue weighted by atomic mass is 35.5. The van der Waals surface area contributed by atoms with Gasteiger partial charge in [0.15, 0.2) is 17.7 Å². The van der Waals surface area contributed by atoms with Gasteiger partial charge in [0, 0.05) is 10.7 Å². The van der Waals surface area contributed by atoms with Crippen LogP contribution in [0.25, 0.3) is 0 Å². The van der Waals surface area contributed by atoms with Crippen LogP contribution >= 0.6 is 11.6 Å². The Morgan fingerprint density at radius 2 is 2.04 bits per heavy atom. The first-order chi connectivity index (χ1) is 12.0. The fourth-order valence-corrected chi connectivity index (χ4v) is 2.63. The monoisotopic (exact) mass is 360 g/mol. The number of amides is 2. The third-order valence-corrected chi connectivity index (χ3v) is 3.98. The van der Waals surface area contributed by atoms with Crippen LogP contribution in [-0.4, -0.2) is 29.4 Å². The van der Waals surface area contributed by atoms with E-state index in [1.807, 2.05) is 6.92 Å². The van der Waals surface area contributed by atoms with Gasteiger partial charge in [-0.3, -0.25) is 14.5 Å². The molecule has 7 nitrogen and oxygen atoms in total. The first-order valence-electron chi connectivity index (χ1n) is 7.78. The topological polar surface area (TPSA) is 97.6 Å². The van der Waals surface area contributed by atoms with Gasteiger partial charge in [-0.25, -0.2) is 4.98 Å². The number of nitrogen functional groups attached to an aromatic ring is 1. The molecule has 2 amide bonds. The summed E-state index contributed by atoms with van der Waals surface area (Å²) >= 11 is 5.83. The molecule has 1 aliphatic heterocycles. The number of nitrogens with zero attached hydrogens (tertiary/aromatic N) is 2. The molecular formula is C17H17ClN4O3. The molecule has 2 aromatic rings. The second-order valence-corrected chi connectivity index (χ2v) is 5.99. The molecule has 2 heterocycles. The Bertz CT molecular complexity index is 810. The lowest BCUT2D eigenvalue weighted by atomic mass is 10.2. The average molecular weight is 361 g/mol. The van der Waals surface area contributed by atoms with Crippen molar-refractivity contribution < 1.29 is 14.3 Å². The average Bonchev–Trinajstić information content (AvgIpc) is 2.59. The maximum absolute atomic E-state index is 12.6. The fraction of sp³-hybridized carbons (Fsp3) is 0.235. The lowest BCUT2D eigenvalue weighted by Gasteiger charge is -2.32. The summed E-state index contributed by atoms with van der Waals surface area (Å²) < 4.78 is 5.64. The Morgan fingerprint density at radius 3 is 2.72 bits per heavy atom. The summed E-state index contributed by atoms with van der Waals surface area (Å²) in [5.41, 5.74) is 6.29. The molecule has 0 bridgehead atoms. The number of aromatic nitrogens is 1. The summed E-state index contributed by atoms with van der Waals surface area (Å²) in [6.07, 6.45) is -0.168. The predicted octanol–water partition coefficient (Wildman–Crippen LogP) is 2.46. The van der Waals surface area contributed by atoms with E-state index in [9.17, 15) is 9.59 Å². The molecular weight excluding hydrogens is 344 g/mol. The number of nitrogens with one attached hydrogen (secondary N) is 1. The van der Waals surface area contributed by atoms with Crippen molar-refractivity contribution in [2.75, 3.05) is 22.5 Å². The van der Waals surface area contributed by atoms with Crippen molar-refractivity contribution in [3.8, 4) is 5.75 Å². The molecule has 1 atom stereocenters. The fourth-order valence-electron chi connectivity index (χ4n) is 2.51. The molecule has 130 valence electrons. The number of benzene rings is 1. The molecule has 0 fully saturated rings. The first-order valence-corrected chi connectivity index (χ1v) is 8.15. The van der Waals surface area contributed by atoms with E-state index in [4.69, 9.17) is 22.1 Å². The molecule has 1 unspecified atom stereocenters. The van der Waals surface area contributed by atoms with Crippen molar-refractivity contribution in [2.45, 2.75) is 19.4 Å². The summed E-state index contributed by atoms with van der Waals surface area (Å²) in [6, 6.07) is 9.94. The van der Waals surface area contributed by atoms with Crippen LogP contribution in [0.1, 0.15) is 13.3 Å². The zero-order valence-electron chi connectivity index (χ0n) is 13.5. The van der Waals surface area contributed by atoms with Crippen LogP contribution in [0.4, 0.5) is 17.3 Å². The van der Waals surface area contributed by atoms with Gasteiger partial charge in [0.05, 0.1) is 0 Å². The van der Waals surface area contributed by atoms with Crippen molar-refractivity contribution in [3.05, 3.63) is 41.4 Å². The number of rotatable bonds is 4. The van der Waals surface area contributed by atoms with E-state index in [0.29, 0.717) is 22.9 Å². The van der Waals surface area contributed by atoms with E-state index in [0.717, 1.165) is 0 Å².